The van der Waals surface area contributed by atoms with Gasteiger partial charge in [0.15, 0.2) is 11.5 Å². The Morgan fingerprint density at radius 1 is 1.33 bits per heavy atom. The van der Waals surface area contributed by atoms with E-state index < -0.39 is 0 Å². The zero-order chi connectivity index (χ0) is 14.7. The lowest BCUT2D eigenvalue weighted by molar-refractivity contribution is -0.128. The second kappa shape index (κ2) is 6.03. The number of amides is 2. The summed E-state index contributed by atoms with van der Waals surface area (Å²) < 4.78 is 10.6. The molecule has 2 amide bonds. The number of carbonyl (C=O) groups is 2. The molecule has 0 spiro atoms. The van der Waals surface area contributed by atoms with Gasteiger partial charge in [-0.25, -0.2) is 0 Å². The molecule has 0 aliphatic carbocycles. The van der Waals surface area contributed by atoms with Gasteiger partial charge in [0.05, 0.1) is 5.92 Å². The van der Waals surface area contributed by atoms with Gasteiger partial charge >= 0.3 is 0 Å². The van der Waals surface area contributed by atoms with E-state index in [9.17, 15) is 9.59 Å². The topological polar surface area (TPSA) is 76.7 Å². The Labute approximate surface area is 122 Å². The van der Waals surface area contributed by atoms with Gasteiger partial charge in [-0.15, -0.1) is 0 Å². The van der Waals surface area contributed by atoms with Crippen molar-refractivity contribution in [2.75, 3.05) is 19.9 Å². The van der Waals surface area contributed by atoms with Crippen LogP contribution < -0.4 is 20.1 Å². The van der Waals surface area contributed by atoms with Crippen LogP contribution in [0.1, 0.15) is 18.4 Å². The van der Waals surface area contributed by atoms with Crippen LogP contribution in [0.2, 0.25) is 0 Å². The summed E-state index contributed by atoms with van der Waals surface area (Å²) in [5.74, 6) is 1.45. The summed E-state index contributed by atoms with van der Waals surface area (Å²) >= 11 is 0. The van der Waals surface area contributed by atoms with E-state index in [1.165, 1.54) is 0 Å². The van der Waals surface area contributed by atoms with Gasteiger partial charge in [-0.2, -0.15) is 0 Å². The van der Waals surface area contributed by atoms with Crippen molar-refractivity contribution in [1.29, 1.82) is 0 Å². The molecule has 0 radical (unpaired) electrons. The highest BCUT2D eigenvalue weighted by Gasteiger charge is 2.23. The predicted molar refractivity (Wildman–Crippen MR) is 75.0 cm³/mol. The van der Waals surface area contributed by atoms with E-state index >= 15 is 0 Å². The van der Waals surface area contributed by atoms with Crippen LogP contribution in [0.4, 0.5) is 0 Å². The van der Waals surface area contributed by atoms with Gasteiger partial charge in [0.1, 0.15) is 0 Å². The third-order valence-electron chi connectivity index (χ3n) is 3.79. The molecule has 0 saturated carbocycles. The number of rotatable bonds is 4. The summed E-state index contributed by atoms with van der Waals surface area (Å²) in [6.45, 7) is 1.28. The number of fused-ring (bicyclic) bond motifs is 1. The minimum atomic E-state index is -0.112. The molecule has 2 aliphatic rings. The third kappa shape index (κ3) is 3.26. The Morgan fingerprint density at radius 2 is 2.19 bits per heavy atom. The Kier molecular flexibility index (Phi) is 3.94. The molecule has 1 aromatic rings. The van der Waals surface area contributed by atoms with Crippen molar-refractivity contribution in [3.63, 3.8) is 0 Å². The number of hydrogen-bond donors (Lipinski definition) is 2. The summed E-state index contributed by atoms with van der Waals surface area (Å²) in [7, 11) is 0. The molecule has 6 heteroatoms. The number of nitrogens with one attached hydrogen (secondary N) is 2. The fourth-order valence-electron chi connectivity index (χ4n) is 2.53. The average Bonchev–Trinajstić information content (AvgIpc) is 2.95. The van der Waals surface area contributed by atoms with Crippen LogP contribution in [0, 0.1) is 5.92 Å². The Bertz CT molecular complexity index is 549. The maximum atomic E-state index is 12.0. The van der Waals surface area contributed by atoms with E-state index in [0.29, 0.717) is 25.9 Å². The number of ether oxygens (including phenoxy) is 2. The summed E-state index contributed by atoms with van der Waals surface area (Å²) in [6.07, 6.45) is 1.80. The quantitative estimate of drug-likeness (QED) is 0.851. The molecule has 2 aliphatic heterocycles. The van der Waals surface area contributed by atoms with Gasteiger partial charge in [0.2, 0.25) is 18.6 Å². The monoisotopic (exact) mass is 290 g/mol. The van der Waals surface area contributed by atoms with Crippen molar-refractivity contribution >= 4 is 11.8 Å². The van der Waals surface area contributed by atoms with Crippen LogP contribution in [-0.4, -0.2) is 31.7 Å². The molecule has 6 nitrogen and oxygen atoms in total. The molecule has 1 atom stereocenters. The smallest absolute Gasteiger partial charge is 0.231 e. The normalized spacial score (nSPS) is 20.0. The van der Waals surface area contributed by atoms with Crippen LogP contribution in [0.25, 0.3) is 0 Å². The lowest BCUT2D eigenvalue weighted by atomic mass is 9.98. The number of piperidine rings is 1. The van der Waals surface area contributed by atoms with Crippen LogP contribution in [0.5, 0.6) is 11.5 Å². The van der Waals surface area contributed by atoms with E-state index in [4.69, 9.17) is 9.47 Å². The summed E-state index contributed by atoms with van der Waals surface area (Å²) in [5, 5.41) is 5.64. The van der Waals surface area contributed by atoms with Gasteiger partial charge in [-0.3, -0.25) is 9.59 Å². The minimum Gasteiger partial charge on any atom is -0.454 e. The Balaban J connectivity index is 1.45. The van der Waals surface area contributed by atoms with E-state index in [0.717, 1.165) is 23.5 Å². The molecule has 21 heavy (non-hydrogen) atoms. The minimum absolute atomic E-state index is 0.00995. The fourth-order valence-corrected chi connectivity index (χ4v) is 2.53. The number of benzene rings is 1. The molecule has 112 valence electrons. The zero-order valence-corrected chi connectivity index (χ0v) is 11.7. The highest BCUT2D eigenvalue weighted by Crippen LogP contribution is 2.32. The second-order valence-corrected chi connectivity index (χ2v) is 5.27. The zero-order valence-electron chi connectivity index (χ0n) is 11.7. The van der Waals surface area contributed by atoms with Gasteiger partial charge in [-0.05, 0) is 30.5 Å². The maximum Gasteiger partial charge on any atom is 0.231 e. The SMILES string of the molecule is O=C1CC[C@@H](C(=O)NCCc2ccc3c(c2)OCO3)CN1. The molecule has 0 aromatic heterocycles. The summed E-state index contributed by atoms with van der Waals surface area (Å²) in [6, 6.07) is 5.80. The molecular formula is C15H18N2O4. The van der Waals surface area contributed by atoms with Gasteiger partial charge in [0, 0.05) is 19.5 Å². The molecule has 3 rings (SSSR count). The fraction of sp³-hybridized carbons (Fsp3) is 0.467. The Hall–Kier alpha value is -2.24. The van der Waals surface area contributed by atoms with Crippen molar-refractivity contribution in [3.05, 3.63) is 23.8 Å². The first-order valence-electron chi connectivity index (χ1n) is 7.15. The van der Waals surface area contributed by atoms with Gasteiger partial charge in [0.25, 0.3) is 0 Å². The molecule has 2 heterocycles. The first-order chi connectivity index (χ1) is 10.2. The van der Waals surface area contributed by atoms with E-state index in [2.05, 4.69) is 10.6 Å². The number of hydrogen-bond acceptors (Lipinski definition) is 4. The second-order valence-electron chi connectivity index (χ2n) is 5.27. The summed E-state index contributed by atoms with van der Waals surface area (Å²) in [4.78, 5) is 23.0. The van der Waals surface area contributed by atoms with Crippen LogP contribution in [0.3, 0.4) is 0 Å². The van der Waals surface area contributed by atoms with Crippen molar-refractivity contribution in [1.82, 2.24) is 10.6 Å². The van der Waals surface area contributed by atoms with Crippen LogP contribution in [-0.2, 0) is 16.0 Å². The van der Waals surface area contributed by atoms with Gasteiger partial charge < -0.3 is 20.1 Å². The predicted octanol–water partition coefficient (Wildman–Crippen LogP) is 0.600. The molecule has 1 fully saturated rings. The largest absolute Gasteiger partial charge is 0.454 e. The highest BCUT2D eigenvalue weighted by atomic mass is 16.7. The highest BCUT2D eigenvalue weighted by molar-refractivity contribution is 5.83. The molecular weight excluding hydrogens is 272 g/mol. The standard InChI is InChI=1S/C15H18N2O4/c18-14-4-2-11(8-17-14)15(19)16-6-5-10-1-3-12-13(7-10)21-9-20-12/h1,3,7,11H,2,4-6,8-9H2,(H,16,19)(H,17,18)/t11-/m1/s1. The first kappa shape index (κ1) is 13.7. The van der Waals surface area contributed by atoms with Crippen molar-refractivity contribution in [2.24, 2.45) is 5.92 Å². The van der Waals surface area contributed by atoms with Gasteiger partial charge in [-0.1, -0.05) is 6.07 Å². The van der Waals surface area contributed by atoms with Crippen LogP contribution >= 0.6 is 0 Å². The van der Waals surface area contributed by atoms with E-state index in [1.54, 1.807) is 0 Å². The average molecular weight is 290 g/mol. The molecule has 0 unspecified atom stereocenters. The molecule has 2 N–H and O–H groups in total. The van der Waals surface area contributed by atoms with E-state index in [-0.39, 0.29) is 24.5 Å². The van der Waals surface area contributed by atoms with Crippen molar-refractivity contribution < 1.29 is 19.1 Å². The van der Waals surface area contributed by atoms with Crippen molar-refractivity contribution in [3.8, 4) is 11.5 Å². The lowest BCUT2D eigenvalue weighted by Gasteiger charge is -2.21. The van der Waals surface area contributed by atoms with Crippen LogP contribution in [0.15, 0.2) is 18.2 Å². The van der Waals surface area contributed by atoms with E-state index in [1.807, 2.05) is 18.2 Å². The Morgan fingerprint density at radius 3 is 3.00 bits per heavy atom. The maximum absolute atomic E-state index is 12.0. The van der Waals surface area contributed by atoms with Crippen molar-refractivity contribution in [2.45, 2.75) is 19.3 Å². The molecule has 0 bridgehead atoms. The lowest BCUT2D eigenvalue weighted by Crippen LogP contribution is -2.43. The number of carbonyl (C=O) groups excluding carboxylic acids is 2. The first-order valence-corrected chi connectivity index (χ1v) is 7.15. The molecule has 1 aromatic carbocycles. The third-order valence-corrected chi connectivity index (χ3v) is 3.79. The molecule has 1 saturated heterocycles. The summed E-state index contributed by atoms with van der Waals surface area (Å²) in [5.41, 5.74) is 1.09.